The number of esters is 1. The number of carbonyl (C=O) groups is 1. The first-order chi connectivity index (χ1) is 14.4. The molecule has 0 aliphatic rings. The largest absolute Gasteiger partial charge is 0.502 e. The summed E-state index contributed by atoms with van der Waals surface area (Å²) in [6.07, 6.45) is 0. The van der Waals surface area contributed by atoms with Crippen LogP contribution in [0.5, 0.6) is 11.5 Å². The molecule has 30 heavy (non-hydrogen) atoms. The third kappa shape index (κ3) is 3.60. The summed E-state index contributed by atoms with van der Waals surface area (Å²) in [6.45, 7) is 1.14. The number of anilines is 1. The van der Waals surface area contributed by atoms with Gasteiger partial charge in [-0.3, -0.25) is 4.79 Å². The van der Waals surface area contributed by atoms with E-state index in [4.69, 9.17) is 9.15 Å². The second-order valence-electron chi connectivity index (χ2n) is 6.48. The fourth-order valence-electron chi connectivity index (χ4n) is 3.10. The van der Waals surface area contributed by atoms with Crippen LogP contribution in [0.15, 0.2) is 82.1 Å². The molecule has 0 amide bonds. The average molecular weight is 423 g/mol. The monoisotopic (exact) mass is 423 g/mol. The van der Waals surface area contributed by atoms with Crippen LogP contribution in [0, 0.1) is 0 Å². The molecule has 0 aliphatic carbocycles. The van der Waals surface area contributed by atoms with Gasteiger partial charge in [-0.05, 0) is 22.9 Å². The molecule has 0 unspecified atom stereocenters. The van der Waals surface area contributed by atoms with Crippen LogP contribution in [-0.4, -0.2) is 19.5 Å². The van der Waals surface area contributed by atoms with Crippen molar-refractivity contribution in [1.29, 1.82) is 0 Å². The van der Waals surface area contributed by atoms with Crippen molar-refractivity contribution in [2.75, 3.05) is 4.72 Å². The molecule has 2 N–H and O–H groups in total. The summed E-state index contributed by atoms with van der Waals surface area (Å²) < 4.78 is 38.4. The van der Waals surface area contributed by atoms with Gasteiger partial charge in [0.15, 0.2) is 5.76 Å². The molecule has 0 saturated carbocycles. The molecule has 0 bridgehead atoms. The third-order valence-electron chi connectivity index (χ3n) is 4.40. The van der Waals surface area contributed by atoms with Gasteiger partial charge < -0.3 is 14.3 Å². The summed E-state index contributed by atoms with van der Waals surface area (Å²) in [6, 6.07) is 20.5. The Kier molecular flexibility index (Phi) is 4.93. The van der Waals surface area contributed by atoms with Gasteiger partial charge in [-0.25, -0.2) is 13.1 Å². The lowest BCUT2D eigenvalue weighted by molar-refractivity contribution is -0.131. The highest BCUT2D eigenvalue weighted by molar-refractivity contribution is 7.92. The van der Waals surface area contributed by atoms with Crippen LogP contribution in [0.2, 0.25) is 0 Å². The molecular weight excluding hydrogens is 406 g/mol. The molecule has 4 aromatic rings. The molecule has 8 heteroatoms. The lowest BCUT2D eigenvalue weighted by atomic mass is 10.0. The predicted molar refractivity (Wildman–Crippen MR) is 112 cm³/mol. The number of hydrogen-bond donors (Lipinski definition) is 2. The Hall–Kier alpha value is -3.78. The Morgan fingerprint density at radius 2 is 1.63 bits per heavy atom. The van der Waals surface area contributed by atoms with Crippen molar-refractivity contribution in [3.63, 3.8) is 0 Å². The van der Waals surface area contributed by atoms with Crippen LogP contribution in [0.1, 0.15) is 6.92 Å². The van der Waals surface area contributed by atoms with Gasteiger partial charge in [0, 0.05) is 12.5 Å². The topological polar surface area (TPSA) is 106 Å². The minimum atomic E-state index is -4.05. The van der Waals surface area contributed by atoms with E-state index in [9.17, 15) is 18.3 Å². The standard InChI is InChI=1S/C22H17NO6S/c1-14(24)28-21-19(25)20(18-13-7-9-15-8-5-6-12-17(15)18)29-22(21)23-30(26,27)16-10-3-2-4-11-16/h2-13,23,25H,1H3. The van der Waals surface area contributed by atoms with Crippen molar-refractivity contribution in [3.05, 3.63) is 72.8 Å². The van der Waals surface area contributed by atoms with E-state index in [1.165, 1.54) is 12.1 Å². The zero-order valence-electron chi connectivity index (χ0n) is 15.8. The van der Waals surface area contributed by atoms with Crippen molar-refractivity contribution >= 4 is 32.6 Å². The fourth-order valence-corrected chi connectivity index (χ4v) is 4.11. The zero-order chi connectivity index (χ0) is 21.3. The Morgan fingerprint density at radius 3 is 2.37 bits per heavy atom. The van der Waals surface area contributed by atoms with Gasteiger partial charge in [-0.15, -0.1) is 0 Å². The number of rotatable bonds is 5. The maximum absolute atomic E-state index is 12.7. The van der Waals surface area contributed by atoms with Crippen LogP contribution < -0.4 is 9.46 Å². The highest BCUT2D eigenvalue weighted by Gasteiger charge is 2.28. The zero-order valence-corrected chi connectivity index (χ0v) is 16.6. The highest BCUT2D eigenvalue weighted by atomic mass is 32.2. The fraction of sp³-hybridized carbons (Fsp3) is 0.0455. The number of furan rings is 1. The number of hydrogen-bond acceptors (Lipinski definition) is 6. The molecule has 4 rings (SSSR count). The second-order valence-corrected chi connectivity index (χ2v) is 8.16. The van der Waals surface area contributed by atoms with Gasteiger partial charge in [0.05, 0.1) is 4.90 Å². The van der Waals surface area contributed by atoms with Crippen molar-refractivity contribution < 1.29 is 27.5 Å². The maximum Gasteiger partial charge on any atom is 0.308 e. The molecule has 0 atom stereocenters. The van der Waals surface area contributed by atoms with E-state index in [1.54, 1.807) is 30.3 Å². The number of sulfonamides is 1. The summed E-state index contributed by atoms with van der Waals surface area (Å²) in [5.74, 6) is -2.03. The molecule has 1 heterocycles. The minimum Gasteiger partial charge on any atom is -0.502 e. The molecular formula is C22H17NO6S. The smallest absolute Gasteiger partial charge is 0.308 e. The number of fused-ring (bicyclic) bond motifs is 1. The first-order valence-electron chi connectivity index (χ1n) is 8.97. The molecule has 1 aromatic heterocycles. The molecule has 0 radical (unpaired) electrons. The van der Waals surface area contributed by atoms with Gasteiger partial charge in [0.25, 0.3) is 15.9 Å². The molecule has 0 aliphatic heterocycles. The van der Waals surface area contributed by atoms with E-state index in [2.05, 4.69) is 4.72 Å². The molecule has 3 aromatic carbocycles. The minimum absolute atomic E-state index is 0.0126. The van der Waals surface area contributed by atoms with Crippen molar-refractivity contribution in [1.82, 2.24) is 0 Å². The highest BCUT2D eigenvalue weighted by Crippen LogP contribution is 2.48. The number of carbonyl (C=O) groups excluding carboxylic acids is 1. The second kappa shape index (κ2) is 7.57. The first kappa shape index (κ1) is 19.5. The van der Waals surface area contributed by atoms with E-state index in [1.807, 2.05) is 30.3 Å². The van der Waals surface area contributed by atoms with Gasteiger partial charge in [-0.1, -0.05) is 60.7 Å². The van der Waals surface area contributed by atoms with Crippen LogP contribution in [0.3, 0.4) is 0 Å². The van der Waals surface area contributed by atoms with Crippen molar-refractivity contribution in [2.45, 2.75) is 11.8 Å². The van der Waals surface area contributed by atoms with E-state index in [0.29, 0.717) is 5.56 Å². The maximum atomic E-state index is 12.7. The third-order valence-corrected chi connectivity index (χ3v) is 5.75. The van der Waals surface area contributed by atoms with E-state index < -0.39 is 33.4 Å². The van der Waals surface area contributed by atoms with Crippen LogP contribution >= 0.6 is 0 Å². The SMILES string of the molecule is CC(=O)Oc1c(NS(=O)(=O)c2ccccc2)oc(-c2cccc3ccccc23)c1O. The van der Waals surface area contributed by atoms with Crippen molar-refractivity contribution in [2.24, 2.45) is 0 Å². The summed E-state index contributed by atoms with van der Waals surface area (Å²) in [5, 5.41) is 12.4. The number of nitrogens with one attached hydrogen (secondary N) is 1. The quantitative estimate of drug-likeness (QED) is 0.457. The van der Waals surface area contributed by atoms with Crippen molar-refractivity contribution in [3.8, 4) is 22.8 Å². The number of ether oxygens (including phenoxy) is 1. The molecule has 152 valence electrons. The van der Waals surface area contributed by atoms with Crippen LogP contribution in [-0.2, 0) is 14.8 Å². The number of benzene rings is 3. The Balaban J connectivity index is 1.87. The van der Waals surface area contributed by atoms with Gasteiger partial charge >= 0.3 is 5.97 Å². The normalized spacial score (nSPS) is 11.4. The number of aromatic hydroxyl groups is 1. The first-order valence-corrected chi connectivity index (χ1v) is 10.5. The predicted octanol–water partition coefficient (Wildman–Crippen LogP) is 4.53. The van der Waals surface area contributed by atoms with E-state index in [0.717, 1.165) is 17.7 Å². The van der Waals surface area contributed by atoms with E-state index in [-0.39, 0.29) is 10.7 Å². The lowest BCUT2D eigenvalue weighted by Gasteiger charge is -2.07. The van der Waals surface area contributed by atoms with E-state index >= 15 is 0 Å². The Labute approximate surface area is 172 Å². The Morgan fingerprint density at radius 1 is 0.967 bits per heavy atom. The Bertz CT molecular complexity index is 1340. The van der Waals surface area contributed by atoms with Gasteiger partial charge in [0.1, 0.15) is 0 Å². The molecule has 7 nitrogen and oxygen atoms in total. The summed E-state index contributed by atoms with van der Waals surface area (Å²) >= 11 is 0. The van der Waals surface area contributed by atoms with Crippen LogP contribution in [0.4, 0.5) is 5.88 Å². The molecule has 0 saturated heterocycles. The van der Waals surface area contributed by atoms with Gasteiger partial charge in [-0.2, -0.15) is 0 Å². The molecule has 0 fully saturated rings. The lowest BCUT2D eigenvalue weighted by Crippen LogP contribution is -2.13. The summed E-state index contributed by atoms with van der Waals surface area (Å²) in [7, 11) is -4.05. The summed E-state index contributed by atoms with van der Waals surface area (Å²) in [4.78, 5) is 11.5. The summed E-state index contributed by atoms with van der Waals surface area (Å²) in [5.41, 5.74) is 0.518. The van der Waals surface area contributed by atoms with Crippen LogP contribution in [0.25, 0.3) is 22.1 Å². The average Bonchev–Trinajstić information content (AvgIpc) is 3.02. The molecule has 0 spiro atoms. The van der Waals surface area contributed by atoms with Gasteiger partial charge in [0.2, 0.25) is 11.5 Å².